The molecule has 0 saturated heterocycles. The molecule has 5 rings (SSSR count). The zero-order valence-electron chi connectivity index (χ0n) is 21.4. The van der Waals surface area contributed by atoms with Crippen LogP contribution in [0.15, 0.2) is 54.9 Å². The van der Waals surface area contributed by atoms with E-state index < -0.39 is 5.82 Å². The monoisotopic (exact) mass is 517 g/mol. The number of fused-ring (bicyclic) bond motifs is 1. The number of nitrogens with zero attached hydrogens (tertiary/aromatic N) is 3. The minimum absolute atomic E-state index is 0.135. The summed E-state index contributed by atoms with van der Waals surface area (Å²) in [5, 5.41) is 0. The van der Waals surface area contributed by atoms with Gasteiger partial charge in [0.05, 0.1) is 20.8 Å². The topological polar surface area (TPSA) is 55.3 Å². The van der Waals surface area contributed by atoms with Gasteiger partial charge in [-0.05, 0) is 73.7 Å². The number of carbonyl (C=O) groups excluding carboxylic acids is 1. The van der Waals surface area contributed by atoms with E-state index in [9.17, 15) is 9.18 Å². The summed E-state index contributed by atoms with van der Waals surface area (Å²) in [6.07, 6.45) is 7.87. The van der Waals surface area contributed by atoms with Crippen LogP contribution >= 0.6 is 11.3 Å². The van der Waals surface area contributed by atoms with Gasteiger partial charge in [0.15, 0.2) is 11.6 Å². The van der Waals surface area contributed by atoms with Gasteiger partial charge in [0.25, 0.3) is 0 Å². The molecule has 1 aromatic carbocycles. The molecule has 0 bridgehead atoms. The lowest BCUT2D eigenvalue weighted by Gasteiger charge is -2.19. The number of rotatable bonds is 12. The van der Waals surface area contributed by atoms with Crippen molar-refractivity contribution < 1.29 is 13.9 Å². The minimum Gasteiger partial charge on any atom is -0.453 e. The first kappa shape index (κ1) is 25.5. The fourth-order valence-electron chi connectivity index (χ4n) is 4.51. The standard InChI is InChI=1S/C30H32FN3O2S/c1-3-13-34(4-2)19-22-7-9-25(33-18-22)29-17-26-30(37-29)28(11-12-32-26)36-27-10-8-21(16-24(27)31)15-23(35)14-20-5-6-20/h7-12,16-18,20H,3-6,13-15,19H2,1-2H3. The third kappa shape index (κ3) is 6.40. The van der Waals surface area contributed by atoms with Crippen molar-refractivity contribution in [2.75, 3.05) is 13.1 Å². The Morgan fingerprint density at radius 1 is 1.08 bits per heavy atom. The summed E-state index contributed by atoms with van der Waals surface area (Å²) in [4.78, 5) is 24.7. The summed E-state index contributed by atoms with van der Waals surface area (Å²) in [5.74, 6) is 0.918. The summed E-state index contributed by atoms with van der Waals surface area (Å²) in [6.45, 7) is 7.36. The van der Waals surface area contributed by atoms with Crippen LogP contribution in [0.25, 0.3) is 20.8 Å². The first-order valence-corrected chi connectivity index (χ1v) is 13.9. The second-order valence-electron chi connectivity index (χ2n) is 9.78. The Morgan fingerprint density at radius 2 is 1.92 bits per heavy atom. The first-order chi connectivity index (χ1) is 18.0. The number of thiophene rings is 1. The van der Waals surface area contributed by atoms with E-state index in [0.717, 1.165) is 59.7 Å². The maximum Gasteiger partial charge on any atom is 0.166 e. The van der Waals surface area contributed by atoms with Gasteiger partial charge >= 0.3 is 0 Å². The molecule has 1 fully saturated rings. The van der Waals surface area contributed by atoms with Gasteiger partial charge in [-0.15, -0.1) is 11.3 Å². The second kappa shape index (κ2) is 11.5. The van der Waals surface area contributed by atoms with Crippen molar-refractivity contribution in [1.82, 2.24) is 14.9 Å². The molecule has 1 saturated carbocycles. The first-order valence-electron chi connectivity index (χ1n) is 13.1. The van der Waals surface area contributed by atoms with E-state index in [2.05, 4.69) is 29.8 Å². The number of hydrogen-bond donors (Lipinski definition) is 0. The Kier molecular flexibility index (Phi) is 7.91. The molecule has 0 spiro atoms. The molecule has 37 heavy (non-hydrogen) atoms. The van der Waals surface area contributed by atoms with Crippen LogP contribution in [0.2, 0.25) is 0 Å². The van der Waals surface area contributed by atoms with Crippen LogP contribution in [0.1, 0.15) is 50.7 Å². The maximum absolute atomic E-state index is 14.9. The molecule has 5 nitrogen and oxygen atoms in total. The molecule has 7 heteroatoms. The largest absolute Gasteiger partial charge is 0.453 e. The van der Waals surface area contributed by atoms with Gasteiger partial charge in [0.2, 0.25) is 0 Å². The van der Waals surface area contributed by atoms with Crippen LogP contribution in [0, 0.1) is 11.7 Å². The number of ketones is 1. The molecule has 0 unspecified atom stereocenters. The number of benzene rings is 1. The summed E-state index contributed by atoms with van der Waals surface area (Å²) >= 11 is 1.53. The van der Waals surface area contributed by atoms with Crippen molar-refractivity contribution >= 4 is 27.3 Å². The highest BCUT2D eigenvalue weighted by Gasteiger charge is 2.24. The number of carbonyl (C=O) groups is 1. The van der Waals surface area contributed by atoms with E-state index in [0.29, 0.717) is 23.7 Å². The lowest BCUT2D eigenvalue weighted by Crippen LogP contribution is -2.23. The van der Waals surface area contributed by atoms with Gasteiger partial charge in [-0.1, -0.05) is 26.0 Å². The predicted octanol–water partition coefficient (Wildman–Crippen LogP) is 7.43. The molecule has 3 heterocycles. The number of Topliss-reactive ketones (excluding diaryl/α,β-unsaturated/α-hetero) is 1. The number of ether oxygens (including phenoxy) is 1. The number of hydrogen-bond acceptors (Lipinski definition) is 6. The van der Waals surface area contributed by atoms with Crippen LogP contribution in [0.5, 0.6) is 11.5 Å². The molecule has 1 aliphatic carbocycles. The average Bonchev–Trinajstić information content (AvgIpc) is 3.59. The number of halogens is 1. The van der Waals surface area contributed by atoms with Crippen LogP contribution in [0.3, 0.4) is 0 Å². The lowest BCUT2D eigenvalue weighted by atomic mass is 10.0. The van der Waals surface area contributed by atoms with Crippen LogP contribution in [-0.4, -0.2) is 33.7 Å². The second-order valence-corrected chi connectivity index (χ2v) is 10.8. The normalized spacial score (nSPS) is 13.4. The van der Waals surface area contributed by atoms with Crippen molar-refractivity contribution in [3.63, 3.8) is 0 Å². The van der Waals surface area contributed by atoms with Crippen LogP contribution in [-0.2, 0) is 17.8 Å². The molecule has 0 aliphatic heterocycles. The smallest absolute Gasteiger partial charge is 0.166 e. The third-order valence-corrected chi connectivity index (χ3v) is 7.84. The number of pyridine rings is 2. The SMILES string of the molecule is CCCN(CC)Cc1ccc(-c2cc3nccc(Oc4ccc(CC(=O)CC5CC5)cc4F)c3s2)nc1. The fraction of sp³-hybridized carbons (Fsp3) is 0.367. The molecule has 0 N–H and O–H groups in total. The molecule has 0 atom stereocenters. The molecule has 0 radical (unpaired) electrons. The van der Waals surface area contributed by atoms with Crippen LogP contribution in [0.4, 0.5) is 4.39 Å². The highest BCUT2D eigenvalue weighted by Crippen LogP contribution is 2.39. The Balaban J connectivity index is 1.31. The zero-order valence-corrected chi connectivity index (χ0v) is 22.2. The Labute approximate surface area is 221 Å². The Morgan fingerprint density at radius 3 is 2.62 bits per heavy atom. The van der Waals surface area contributed by atoms with Gasteiger partial charge < -0.3 is 4.74 Å². The molecule has 192 valence electrons. The van der Waals surface area contributed by atoms with Gasteiger partial charge in [0, 0.05) is 37.8 Å². The third-order valence-electron chi connectivity index (χ3n) is 6.68. The van der Waals surface area contributed by atoms with Gasteiger partial charge in [-0.2, -0.15) is 0 Å². The van der Waals surface area contributed by atoms with E-state index in [4.69, 9.17) is 9.72 Å². The summed E-state index contributed by atoms with van der Waals surface area (Å²) in [6, 6.07) is 12.7. The van der Waals surface area contributed by atoms with E-state index in [-0.39, 0.29) is 18.0 Å². The molecule has 1 aliphatic rings. The van der Waals surface area contributed by atoms with Gasteiger partial charge in [0.1, 0.15) is 11.5 Å². The van der Waals surface area contributed by atoms with Crippen molar-refractivity contribution in [1.29, 1.82) is 0 Å². The molecule has 4 aromatic rings. The lowest BCUT2D eigenvalue weighted by molar-refractivity contribution is -0.118. The fourth-order valence-corrected chi connectivity index (χ4v) is 5.55. The average molecular weight is 518 g/mol. The zero-order chi connectivity index (χ0) is 25.8. The summed E-state index contributed by atoms with van der Waals surface area (Å²) in [7, 11) is 0. The highest BCUT2D eigenvalue weighted by molar-refractivity contribution is 7.22. The Hall–Kier alpha value is -3.16. The molecular formula is C30H32FN3O2S. The minimum atomic E-state index is -0.472. The van der Waals surface area contributed by atoms with Crippen molar-refractivity contribution in [3.05, 3.63) is 71.8 Å². The van der Waals surface area contributed by atoms with E-state index in [1.54, 1.807) is 24.4 Å². The van der Waals surface area contributed by atoms with Crippen molar-refractivity contribution in [2.24, 2.45) is 5.92 Å². The highest BCUT2D eigenvalue weighted by atomic mass is 32.1. The van der Waals surface area contributed by atoms with Crippen molar-refractivity contribution in [3.8, 4) is 22.1 Å². The van der Waals surface area contributed by atoms with E-state index >= 15 is 0 Å². The van der Waals surface area contributed by atoms with Gasteiger partial charge in [-0.25, -0.2) is 4.39 Å². The van der Waals surface area contributed by atoms with E-state index in [1.165, 1.54) is 23.0 Å². The predicted molar refractivity (Wildman–Crippen MR) is 147 cm³/mol. The van der Waals surface area contributed by atoms with E-state index in [1.807, 2.05) is 18.3 Å². The molecule has 0 amide bonds. The quantitative estimate of drug-likeness (QED) is 0.196. The van der Waals surface area contributed by atoms with Crippen molar-refractivity contribution in [2.45, 2.75) is 52.5 Å². The Bertz CT molecular complexity index is 1380. The van der Waals surface area contributed by atoms with Crippen LogP contribution < -0.4 is 4.74 Å². The molecular weight excluding hydrogens is 485 g/mol. The summed E-state index contributed by atoms with van der Waals surface area (Å²) < 4.78 is 21.7. The summed E-state index contributed by atoms with van der Waals surface area (Å²) in [5.41, 5.74) is 3.53. The maximum atomic E-state index is 14.9. The molecule has 3 aromatic heterocycles. The van der Waals surface area contributed by atoms with Gasteiger partial charge in [-0.3, -0.25) is 19.7 Å². The number of aromatic nitrogens is 2.